The van der Waals surface area contributed by atoms with Crippen LogP contribution in [0.25, 0.3) is 22.2 Å². The molecule has 2 aromatic heterocycles. The van der Waals surface area contributed by atoms with Crippen LogP contribution in [-0.4, -0.2) is 28.0 Å². The average Bonchev–Trinajstić information content (AvgIpc) is 3.20. The number of H-pyrrole nitrogens is 1. The zero-order valence-corrected chi connectivity index (χ0v) is 17.3. The number of para-hydroxylation sites is 1. The van der Waals surface area contributed by atoms with Gasteiger partial charge in [0, 0.05) is 47.5 Å². The number of pyridine rings is 1. The third-order valence-electron chi connectivity index (χ3n) is 5.71. The van der Waals surface area contributed by atoms with E-state index >= 15 is 0 Å². The van der Waals surface area contributed by atoms with Gasteiger partial charge in [-0.05, 0) is 31.9 Å². The third-order valence-corrected chi connectivity index (χ3v) is 5.71. The number of halogens is 1. The fourth-order valence-electron chi connectivity index (χ4n) is 4.21. The lowest BCUT2D eigenvalue weighted by molar-refractivity contribution is 0.489. The highest BCUT2D eigenvalue weighted by Crippen LogP contribution is 2.35. The van der Waals surface area contributed by atoms with E-state index < -0.39 is 0 Å². The molecule has 3 heterocycles. The Balaban J connectivity index is 0.00000205. The molecular weight excluding hydrogens is 380 g/mol. The van der Waals surface area contributed by atoms with Crippen LogP contribution in [0.4, 0.5) is 5.69 Å². The predicted molar refractivity (Wildman–Crippen MR) is 122 cm³/mol. The number of imidazole rings is 1. The molecule has 4 aromatic rings. The molecule has 0 saturated carbocycles. The number of piperidine rings is 1. The smallest absolute Gasteiger partial charge is 0.109 e. The van der Waals surface area contributed by atoms with Crippen molar-refractivity contribution < 1.29 is 0 Å². The van der Waals surface area contributed by atoms with E-state index in [1.54, 1.807) is 0 Å². The monoisotopic (exact) mass is 404 g/mol. The number of nitrogens with zero attached hydrogens (tertiary/aromatic N) is 3. The Morgan fingerprint density at radius 3 is 2.41 bits per heavy atom. The summed E-state index contributed by atoms with van der Waals surface area (Å²) in [5.74, 6) is 1.66. The Morgan fingerprint density at radius 1 is 0.966 bits per heavy atom. The van der Waals surface area contributed by atoms with Crippen molar-refractivity contribution in [2.45, 2.75) is 25.7 Å². The molecule has 0 unspecified atom stereocenters. The minimum absolute atomic E-state index is 0. The number of fused-ring (bicyclic) bond motifs is 1. The van der Waals surface area contributed by atoms with E-state index in [0.717, 1.165) is 54.2 Å². The molecule has 1 aliphatic rings. The molecule has 148 valence electrons. The number of rotatable bonds is 3. The van der Waals surface area contributed by atoms with Crippen LogP contribution in [0.1, 0.15) is 30.3 Å². The highest BCUT2D eigenvalue weighted by Gasteiger charge is 2.24. The lowest BCUT2D eigenvalue weighted by Gasteiger charge is -2.33. The summed E-state index contributed by atoms with van der Waals surface area (Å²) in [6, 6.07) is 21.2. The molecule has 1 aliphatic heterocycles. The van der Waals surface area contributed by atoms with Crippen LogP contribution in [-0.2, 0) is 0 Å². The van der Waals surface area contributed by atoms with Crippen LogP contribution in [0, 0.1) is 6.92 Å². The van der Waals surface area contributed by atoms with E-state index in [1.165, 1.54) is 11.1 Å². The Kier molecular flexibility index (Phi) is 5.54. The molecule has 2 aromatic carbocycles. The largest absolute Gasteiger partial charge is 0.371 e. The van der Waals surface area contributed by atoms with E-state index in [2.05, 4.69) is 76.4 Å². The first kappa shape index (κ1) is 19.5. The second-order valence-electron chi connectivity index (χ2n) is 7.62. The minimum Gasteiger partial charge on any atom is -0.371 e. The molecule has 4 nitrogen and oxygen atoms in total. The molecule has 5 rings (SSSR count). The molecule has 0 bridgehead atoms. The Labute approximate surface area is 177 Å². The van der Waals surface area contributed by atoms with Crippen LogP contribution in [0.2, 0.25) is 0 Å². The summed E-state index contributed by atoms with van der Waals surface area (Å²) in [4.78, 5) is 15.4. The lowest BCUT2D eigenvalue weighted by atomic mass is 9.95. The van der Waals surface area contributed by atoms with Gasteiger partial charge in [-0.1, -0.05) is 48.5 Å². The van der Waals surface area contributed by atoms with Gasteiger partial charge in [0.05, 0.1) is 11.2 Å². The molecule has 1 N–H and O–H groups in total. The standard InChI is InChI=1S/C24H24N4.ClH/c1-17-16-25-24(26-17)19-11-13-28(14-12-19)23-15-22(18-7-3-2-4-8-18)27-21-10-6-5-9-20(21)23;/h2-10,15-16,19H,11-14H2,1H3,(H,25,26);1H. The second kappa shape index (κ2) is 8.26. The number of aryl methyl sites for hydroxylation is 1. The maximum absolute atomic E-state index is 4.92. The summed E-state index contributed by atoms with van der Waals surface area (Å²) in [5.41, 5.74) is 5.69. The summed E-state index contributed by atoms with van der Waals surface area (Å²) in [7, 11) is 0. The molecular formula is C24H25ClN4. The zero-order chi connectivity index (χ0) is 18.9. The first-order valence-electron chi connectivity index (χ1n) is 9.99. The van der Waals surface area contributed by atoms with Crippen LogP contribution in [0.5, 0.6) is 0 Å². The van der Waals surface area contributed by atoms with Crippen molar-refractivity contribution in [2.24, 2.45) is 0 Å². The summed E-state index contributed by atoms with van der Waals surface area (Å²) < 4.78 is 0. The first-order chi connectivity index (χ1) is 13.8. The van der Waals surface area contributed by atoms with Crippen molar-refractivity contribution in [2.75, 3.05) is 18.0 Å². The Hall–Kier alpha value is -2.85. The fourth-order valence-corrected chi connectivity index (χ4v) is 4.21. The molecule has 0 aliphatic carbocycles. The zero-order valence-electron chi connectivity index (χ0n) is 16.5. The second-order valence-corrected chi connectivity index (χ2v) is 7.62. The molecule has 0 atom stereocenters. The van der Waals surface area contributed by atoms with E-state index in [0.29, 0.717) is 5.92 Å². The van der Waals surface area contributed by atoms with Gasteiger partial charge < -0.3 is 9.88 Å². The number of hydrogen-bond donors (Lipinski definition) is 1. The minimum atomic E-state index is 0. The van der Waals surface area contributed by atoms with Crippen molar-refractivity contribution in [1.82, 2.24) is 15.0 Å². The SMILES string of the molecule is Cc1cnc(C2CCN(c3cc(-c4ccccc4)nc4ccccc34)CC2)[nH]1.Cl. The lowest BCUT2D eigenvalue weighted by Crippen LogP contribution is -2.33. The predicted octanol–water partition coefficient (Wildman–Crippen LogP) is 5.74. The maximum Gasteiger partial charge on any atom is 0.109 e. The van der Waals surface area contributed by atoms with Gasteiger partial charge in [0.25, 0.3) is 0 Å². The molecule has 0 amide bonds. The van der Waals surface area contributed by atoms with Crippen molar-refractivity contribution in [3.8, 4) is 11.3 Å². The first-order valence-corrected chi connectivity index (χ1v) is 9.99. The van der Waals surface area contributed by atoms with Crippen molar-refractivity contribution in [3.05, 3.63) is 78.4 Å². The molecule has 0 spiro atoms. The Bertz CT molecular complexity index is 1100. The molecule has 5 heteroatoms. The summed E-state index contributed by atoms with van der Waals surface area (Å²) in [6.45, 7) is 4.14. The van der Waals surface area contributed by atoms with Crippen LogP contribution >= 0.6 is 12.4 Å². The summed E-state index contributed by atoms with van der Waals surface area (Å²) >= 11 is 0. The topological polar surface area (TPSA) is 44.8 Å². The average molecular weight is 405 g/mol. The maximum atomic E-state index is 4.92. The van der Waals surface area contributed by atoms with Gasteiger partial charge in [0.15, 0.2) is 0 Å². The van der Waals surface area contributed by atoms with Crippen molar-refractivity contribution in [3.63, 3.8) is 0 Å². The van der Waals surface area contributed by atoms with Crippen LogP contribution in [0.15, 0.2) is 66.9 Å². The van der Waals surface area contributed by atoms with E-state index in [9.17, 15) is 0 Å². The van der Waals surface area contributed by atoms with Gasteiger partial charge in [-0.25, -0.2) is 9.97 Å². The van der Waals surface area contributed by atoms with Gasteiger partial charge in [0.1, 0.15) is 5.82 Å². The normalized spacial score (nSPS) is 14.7. The highest BCUT2D eigenvalue weighted by atomic mass is 35.5. The van der Waals surface area contributed by atoms with Crippen molar-refractivity contribution >= 4 is 29.0 Å². The highest BCUT2D eigenvalue weighted by molar-refractivity contribution is 5.94. The molecule has 1 fully saturated rings. The number of hydrogen-bond acceptors (Lipinski definition) is 3. The number of aromatic nitrogens is 3. The van der Waals surface area contributed by atoms with Gasteiger partial charge in [-0.2, -0.15) is 0 Å². The van der Waals surface area contributed by atoms with E-state index in [-0.39, 0.29) is 12.4 Å². The van der Waals surface area contributed by atoms with E-state index in [4.69, 9.17) is 4.98 Å². The van der Waals surface area contributed by atoms with Gasteiger partial charge >= 0.3 is 0 Å². The van der Waals surface area contributed by atoms with Crippen LogP contribution in [0.3, 0.4) is 0 Å². The molecule has 1 saturated heterocycles. The van der Waals surface area contributed by atoms with E-state index in [1.807, 2.05) is 12.3 Å². The molecule has 0 radical (unpaired) electrons. The van der Waals surface area contributed by atoms with Crippen molar-refractivity contribution in [1.29, 1.82) is 0 Å². The molecule has 29 heavy (non-hydrogen) atoms. The number of anilines is 1. The van der Waals surface area contributed by atoms with Crippen LogP contribution < -0.4 is 4.90 Å². The third kappa shape index (κ3) is 3.85. The number of benzene rings is 2. The fraction of sp³-hybridized carbons (Fsp3) is 0.250. The summed E-state index contributed by atoms with van der Waals surface area (Å²) in [5, 5.41) is 1.23. The van der Waals surface area contributed by atoms with Gasteiger partial charge in [-0.15, -0.1) is 12.4 Å². The number of aromatic amines is 1. The quantitative estimate of drug-likeness (QED) is 0.473. The van der Waals surface area contributed by atoms with Gasteiger partial charge in [0.2, 0.25) is 0 Å². The number of nitrogens with one attached hydrogen (secondary N) is 1. The summed E-state index contributed by atoms with van der Waals surface area (Å²) in [6.07, 6.45) is 4.17. The Morgan fingerprint density at radius 2 is 1.69 bits per heavy atom. The van der Waals surface area contributed by atoms with Gasteiger partial charge in [-0.3, -0.25) is 0 Å².